The van der Waals surface area contributed by atoms with Gasteiger partial charge in [0, 0.05) is 31.2 Å². The zero-order chi connectivity index (χ0) is 15.7. The third kappa shape index (κ3) is 2.84. The maximum absolute atomic E-state index is 12.4. The summed E-state index contributed by atoms with van der Waals surface area (Å²) in [6, 6.07) is 0. The molecule has 22 heavy (non-hydrogen) atoms. The highest BCUT2D eigenvalue weighted by Crippen LogP contribution is 2.36. The molecule has 0 spiro atoms. The van der Waals surface area contributed by atoms with Crippen molar-refractivity contribution in [2.45, 2.75) is 57.5 Å². The molecule has 1 amide bonds. The lowest BCUT2D eigenvalue weighted by atomic mass is 9.88. The molecule has 122 valence electrons. The van der Waals surface area contributed by atoms with Crippen LogP contribution in [0.25, 0.3) is 0 Å². The molecule has 2 saturated heterocycles. The smallest absolute Gasteiger partial charge is 0.251 e. The molecule has 0 saturated carbocycles. The first-order chi connectivity index (χ1) is 10.6. The van der Waals surface area contributed by atoms with Gasteiger partial charge in [0.1, 0.15) is 6.10 Å². The molecule has 1 atom stereocenters. The summed E-state index contributed by atoms with van der Waals surface area (Å²) < 4.78 is 10.7. The summed E-state index contributed by atoms with van der Waals surface area (Å²) in [4.78, 5) is 14.3. The summed E-state index contributed by atoms with van der Waals surface area (Å²) in [5.74, 6) is 1.21. The fourth-order valence-corrected chi connectivity index (χ4v) is 3.55. The number of nitrogens with zero attached hydrogens (tertiary/aromatic N) is 2. The van der Waals surface area contributed by atoms with Crippen LogP contribution in [0.2, 0.25) is 0 Å². The third-order valence-corrected chi connectivity index (χ3v) is 4.76. The summed E-state index contributed by atoms with van der Waals surface area (Å²) in [7, 11) is 0. The van der Waals surface area contributed by atoms with Gasteiger partial charge in [-0.05, 0) is 31.6 Å². The summed E-state index contributed by atoms with van der Waals surface area (Å²) in [6.07, 6.45) is 3.44. The van der Waals surface area contributed by atoms with Crippen LogP contribution < -0.4 is 5.73 Å². The van der Waals surface area contributed by atoms with Gasteiger partial charge in [0.15, 0.2) is 0 Å². The number of rotatable bonds is 3. The van der Waals surface area contributed by atoms with Crippen molar-refractivity contribution in [1.29, 1.82) is 0 Å². The molecule has 2 aliphatic rings. The van der Waals surface area contributed by atoms with Crippen molar-refractivity contribution in [2.24, 2.45) is 0 Å². The van der Waals surface area contributed by atoms with Crippen LogP contribution >= 0.6 is 0 Å². The molecule has 1 unspecified atom stereocenters. The zero-order valence-corrected chi connectivity index (χ0v) is 13.4. The van der Waals surface area contributed by atoms with E-state index in [2.05, 4.69) is 19.0 Å². The zero-order valence-electron chi connectivity index (χ0n) is 13.4. The van der Waals surface area contributed by atoms with Crippen LogP contribution in [0, 0.1) is 0 Å². The standard InChI is InChI=1S/C16H25N3O3/c1-10(2)13-14(18-22-15(13)17)11-5-7-19(8-6-11)16(20)12-4-3-9-21-12/h10-12H,3-9,17H2,1-2H3. The topological polar surface area (TPSA) is 81.6 Å². The van der Waals surface area contributed by atoms with Crippen molar-refractivity contribution in [2.75, 3.05) is 25.4 Å². The minimum atomic E-state index is -0.217. The minimum absolute atomic E-state index is 0.152. The predicted molar refractivity (Wildman–Crippen MR) is 82.5 cm³/mol. The molecule has 6 heteroatoms. The van der Waals surface area contributed by atoms with Gasteiger partial charge in [-0.3, -0.25) is 4.79 Å². The second-order valence-electron chi connectivity index (χ2n) is 6.60. The first kappa shape index (κ1) is 15.3. The molecule has 3 heterocycles. The number of nitrogens with two attached hydrogens (primary N) is 1. The Labute approximate surface area is 131 Å². The van der Waals surface area contributed by atoms with Gasteiger partial charge >= 0.3 is 0 Å². The Morgan fingerprint density at radius 3 is 2.64 bits per heavy atom. The molecule has 0 aromatic carbocycles. The SMILES string of the molecule is CC(C)c1c(C2CCN(C(=O)C3CCCO3)CC2)noc1N. The van der Waals surface area contributed by atoms with E-state index < -0.39 is 0 Å². The number of nitrogen functional groups attached to an aromatic ring is 1. The molecule has 0 aliphatic carbocycles. The molecule has 2 N–H and O–H groups in total. The first-order valence-corrected chi connectivity index (χ1v) is 8.23. The van der Waals surface area contributed by atoms with E-state index in [-0.39, 0.29) is 12.0 Å². The van der Waals surface area contributed by atoms with Crippen LogP contribution in [0.15, 0.2) is 4.52 Å². The van der Waals surface area contributed by atoms with Gasteiger partial charge in [-0.2, -0.15) is 0 Å². The number of hydrogen-bond donors (Lipinski definition) is 1. The second-order valence-corrected chi connectivity index (χ2v) is 6.60. The van der Waals surface area contributed by atoms with E-state index in [4.69, 9.17) is 15.0 Å². The number of piperidine rings is 1. The maximum atomic E-state index is 12.4. The molecule has 2 aliphatic heterocycles. The number of carbonyl (C=O) groups is 1. The van der Waals surface area contributed by atoms with Gasteiger partial charge < -0.3 is 19.9 Å². The summed E-state index contributed by atoms with van der Waals surface area (Å²) in [5.41, 5.74) is 7.91. The number of carbonyl (C=O) groups excluding carboxylic acids is 1. The third-order valence-electron chi connectivity index (χ3n) is 4.76. The van der Waals surface area contributed by atoms with Gasteiger partial charge in [0.25, 0.3) is 5.91 Å². The van der Waals surface area contributed by atoms with Crippen LogP contribution in [0.4, 0.5) is 5.88 Å². The molecule has 1 aromatic heterocycles. The van der Waals surface area contributed by atoms with Crippen molar-refractivity contribution in [3.8, 4) is 0 Å². The monoisotopic (exact) mass is 307 g/mol. The van der Waals surface area contributed by atoms with Crippen molar-refractivity contribution in [1.82, 2.24) is 10.1 Å². The minimum Gasteiger partial charge on any atom is -0.368 e. The van der Waals surface area contributed by atoms with E-state index in [1.54, 1.807) is 0 Å². The highest BCUT2D eigenvalue weighted by atomic mass is 16.5. The Balaban J connectivity index is 1.63. The number of aromatic nitrogens is 1. The fraction of sp³-hybridized carbons (Fsp3) is 0.750. The van der Waals surface area contributed by atoms with E-state index in [1.807, 2.05) is 4.90 Å². The quantitative estimate of drug-likeness (QED) is 0.926. The molecule has 0 bridgehead atoms. The lowest BCUT2D eigenvalue weighted by molar-refractivity contribution is -0.142. The van der Waals surface area contributed by atoms with Crippen LogP contribution in [-0.4, -0.2) is 41.8 Å². The summed E-state index contributed by atoms with van der Waals surface area (Å²) >= 11 is 0. The largest absolute Gasteiger partial charge is 0.368 e. The van der Waals surface area contributed by atoms with Crippen LogP contribution in [0.5, 0.6) is 0 Å². The maximum Gasteiger partial charge on any atom is 0.251 e. The Bertz CT molecular complexity index is 527. The van der Waals surface area contributed by atoms with Gasteiger partial charge in [-0.1, -0.05) is 19.0 Å². The number of anilines is 1. The van der Waals surface area contributed by atoms with Gasteiger partial charge in [0.05, 0.1) is 5.69 Å². The summed E-state index contributed by atoms with van der Waals surface area (Å²) in [6.45, 7) is 6.43. The van der Waals surface area contributed by atoms with Crippen LogP contribution in [0.3, 0.4) is 0 Å². The molecule has 0 radical (unpaired) electrons. The van der Waals surface area contributed by atoms with Crippen molar-refractivity contribution >= 4 is 11.8 Å². The second kappa shape index (κ2) is 6.28. The number of likely N-dealkylation sites (tertiary alicyclic amines) is 1. The Morgan fingerprint density at radius 1 is 1.32 bits per heavy atom. The lowest BCUT2D eigenvalue weighted by Gasteiger charge is -2.33. The van der Waals surface area contributed by atoms with Crippen molar-refractivity contribution in [3.05, 3.63) is 11.3 Å². The average molecular weight is 307 g/mol. The number of hydrogen-bond acceptors (Lipinski definition) is 5. The summed E-state index contributed by atoms with van der Waals surface area (Å²) in [5, 5.41) is 4.18. The molecule has 1 aromatic rings. The lowest BCUT2D eigenvalue weighted by Crippen LogP contribution is -2.43. The van der Waals surface area contributed by atoms with E-state index in [0.29, 0.717) is 24.3 Å². The van der Waals surface area contributed by atoms with Crippen LogP contribution in [-0.2, 0) is 9.53 Å². The Kier molecular flexibility index (Phi) is 4.38. The van der Waals surface area contributed by atoms with Crippen molar-refractivity contribution in [3.63, 3.8) is 0 Å². The van der Waals surface area contributed by atoms with Gasteiger partial charge in [-0.25, -0.2) is 0 Å². The molecule has 2 fully saturated rings. The normalized spacial score (nSPS) is 23.4. The number of ether oxygens (including phenoxy) is 1. The number of amides is 1. The Morgan fingerprint density at radius 2 is 2.05 bits per heavy atom. The van der Waals surface area contributed by atoms with Crippen LogP contribution in [0.1, 0.15) is 62.6 Å². The predicted octanol–water partition coefficient (Wildman–Crippen LogP) is 2.27. The van der Waals surface area contributed by atoms with E-state index in [0.717, 1.165) is 50.0 Å². The van der Waals surface area contributed by atoms with Gasteiger partial charge in [-0.15, -0.1) is 0 Å². The highest BCUT2D eigenvalue weighted by molar-refractivity contribution is 5.81. The van der Waals surface area contributed by atoms with E-state index in [1.165, 1.54) is 0 Å². The highest BCUT2D eigenvalue weighted by Gasteiger charge is 2.33. The molecule has 3 rings (SSSR count). The first-order valence-electron chi connectivity index (χ1n) is 8.23. The average Bonchev–Trinajstić information content (AvgIpc) is 3.16. The molecule has 6 nitrogen and oxygen atoms in total. The molecular formula is C16H25N3O3. The van der Waals surface area contributed by atoms with Gasteiger partial charge in [0.2, 0.25) is 5.88 Å². The molecular weight excluding hydrogens is 282 g/mol. The fourth-order valence-electron chi connectivity index (χ4n) is 3.55. The van der Waals surface area contributed by atoms with E-state index in [9.17, 15) is 4.79 Å². The Hall–Kier alpha value is -1.56. The van der Waals surface area contributed by atoms with Crippen molar-refractivity contribution < 1.29 is 14.1 Å². The van der Waals surface area contributed by atoms with E-state index >= 15 is 0 Å².